The molecule has 0 bridgehead atoms. The standard InChI is InChI=1S/C15H20N6O/c1-11-10-20(9-8-16-11)15(22)12(2)21-18-14(17-19-21)13-6-4-3-5-7-13/h3-7,11-12,16H,8-10H2,1-2H3. The van der Waals surface area contributed by atoms with Crippen LogP contribution in [0, 0.1) is 0 Å². The van der Waals surface area contributed by atoms with Gasteiger partial charge in [0.1, 0.15) is 6.04 Å². The van der Waals surface area contributed by atoms with Gasteiger partial charge in [-0.15, -0.1) is 10.2 Å². The van der Waals surface area contributed by atoms with E-state index >= 15 is 0 Å². The van der Waals surface area contributed by atoms with Crippen molar-refractivity contribution in [2.24, 2.45) is 0 Å². The van der Waals surface area contributed by atoms with Crippen molar-refractivity contribution in [3.63, 3.8) is 0 Å². The number of hydrogen-bond acceptors (Lipinski definition) is 5. The monoisotopic (exact) mass is 300 g/mol. The molecule has 1 N–H and O–H groups in total. The van der Waals surface area contributed by atoms with Crippen LogP contribution in [0.2, 0.25) is 0 Å². The highest BCUT2D eigenvalue weighted by molar-refractivity contribution is 5.80. The molecule has 1 aliphatic rings. The Bertz CT molecular complexity index is 640. The van der Waals surface area contributed by atoms with Gasteiger partial charge in [0.15, 0.2) is 0 Å². The van der Waals surface area contributed by atoms with Crippen LogP contribution in [-0.4, -0.2) is 56.7 Å². The largest absolute Gasteiger partial charge is 0.338 e. The third kappa shape index (κ3) is 2.99. The van der Waals surface area contributed by atoms with Crippen LogP contribution in [0.3, 0.4) is 0 Å². The van der Waals surface area contributed by atoms with Crippen molar-refractivity contribution in [1.82, 2.24) is 30.4 Å². The lowest BCUT2D eigenvalue weighted by molar-refractivity contribution is -0.136. The van der Waals surface area contributed by atoms with Crippen molar-refractivity contribution in [3.05, 3.63) is 30.3 Å². The molecule has 0 saturated carbocycles. The maximum Gasteiger partial charge on any atom is 0.249 e. The average molecular weight is 300 g/mol. The summed E-state index contributed by atoms with van der Waals surface area (Å²) in [5.41, 5.74) is 0.893. The number of nitrogens with one attached hydrogen (secondary N) is 1. The number of amides is 1. The number of carbonyl (C=O) groups excluding carboxylic acids is 1. The molecule has 0 aliphatic carbocycles. The lowest BCUT2D eigenvalue weighted by Gasteiger charge is -2.33. The van der Waals surface area contributed by atoms with Crippen LogP contribution < -0.4 is 5.32 Å². The Morgan fingerprint density at radius 2 is 2.14 bits per heavy atom. The first-order chi connectivity index (χ1) is 10.6. The minimum absolute atomic E-state index is 0.0327. The first-order valence-electron chi connectivity index (χ1n) is 7.52. The summed E-state index contributed by atoms with van der Waals surface area (Å²) in [6.07, 6.45) is 0. The highest BCUT2D eigenvalue weighted by Crippen LogP contribution is 2.15. The number of tetrazole rings is 1. The zero-order valence-corrected chi connectivity index (χ0v) is 12.8. The van der Waals surface area contributed by atoms with Gasteiger partial charge in [-0.1, -0.05) is 30.3 Å². The van der Waals surface area contributed by atoms with Crippen LogP contribution in [0.4, 0.5) is 0 Å². The van der Waals surface area contributed by atoms with Gasteiger partial charge in [0.05, 0.1) is 0 Å². The molecule has 116 valence electrons. The summed E-state index contributed by atoms with van der Waals surface area (Å²) in [6.45, 7) is 6.13. The second kappa shape index (κ2) is 6.23. The molecule has 2 atom stereocenters. The fourth-order valence-corrected chi connectivity index (χ4v) is 2.59. The molecule has 2 heterocycles. The summed E-state index contributed by atoms with van der Waals surface area (Å²) < 4.78 is 0. The van der Waals surface area contributed by atoms with Crippen LogP contribution in [0.15, 0.2) is 30.3 Å². The van der Waals surface area contributed by atoms with Crippen molar-refractivity contribution in [1.29, 1.82) is 0 Å². The Morgan fingerprint density at radius 3 is 2.86 bits per heavy atom. The second-order valence-electron chi connectivity index (χ2n) is 5.61. The summed E-state index contributed by atoms with van der Waals surface area (Å²) in [5.74, 6) is 0.569. The van der Waals surface area contributed by atoms with E-state index in [0.29, 0.717) is 25.0 Å². The highest BCUT2D eigenvalue weighted by Gasteiger charge is 2.27. The summed E-state index contributed by atoms with van der Waals surface area (Å²) in [5, 5.41) is 15.8. The maximum atomic E-state index is 12.6. The maximum absolute atomic E-state index is 12.6. The Hall–Kier alpha value is -2.28. The number of hydrogen-bond donors (Lipinski definition) is 1. The van der Waals surface area contributed by atoms with Crippen LogP contribution in [0.5, 0.6) is 0 Å². The molecule has 2 unspecified atom stereocenters. The minimum atomic E-state index is -0.449. The van der Waals surface area contributed by atoms with Gasteiger partial charge in [-0.3, -0.25) is 4.79 Å². The van der Waals surface area contributed by atoms with Gasteiger partial charge in [0.2, 0.25) is 11.7 Å². The van der Waals surface area contributed by atoms with Crippen molar-refractivity contribution >= 4 is 5.91 Å². The number of carbonyl (C=O) groups is 1. The molecular weight excluding hydrogens is 280 g/mol. The topological polar surface area (TPSA) is 75.9 Å². The number of aromatic nitrogens is 4. The van der Waals surface area contributed by atoms with Crippen molar-refractivity contribution < 1.29 is 4.79 Å². The SMILES string of the molecule is CC1CN(C(=O)C(C)n2nnc(-c3ccccc3)n2)CCN1. The highest BCUT2D eigenvalue weighted by atomic mass is 16.2. The first-order valence-corrected chi connectivity index (χ1v) is 7.52. The summed E-state index contributed by atoms with van der Waals surface area (Å²) in [6, 6.07) is 9.49. The Morgan fingerprint density at radius 1 is 1.36 bits per heavy atom. The quantitative estimate of drug-likeness (QED) is 0.904. The molecule has 1 saturated heterocycles. The normalized spacial score (nSPS) is 19.9. The summed E-state index contributed by atoms with van der Waals surface area (Å²) in [7, 11) is 0. The fraction of sp³-hybridized carbons (Fsp3) is 0.467. The predicted octanol–water partition coefficient (Wildman–Crippen LogP) is 0.721. The van der Waals surface area contributed by atoms with Crippen LogP contribution in [0.1, 0.15) is 19.9 Å². The van der Waals surface area contributed by atoms with Crippen LogP contribution in [-0.2, 0) is 4.79 Å². The van der Waals surface area contributed by atoms with E-state index in [-0.39, 0.29) is 5.91 Å². The van der Waals surface area contributed by atoms with Crippen LogP contribution in [0.25, 0.3) is 11.4 Å². The molecule has 1 aromatic carbocycles. The molecule has 3 rings (SSSR count). The molecule has 1 fully saturated rings. The molecule has 1 aromatic heterocycles. The average Bonchev–Trinajstić information content (AvgIpc) is 3.04. The molecule has 0 spiro atoms. The third-order valence-corrected chi connectivity index (χ3v) is 3.84. The van der Waals surface area contributed by atoms with Crippen molar-refractivity contribution in [2.75, 3.05) is 19.6 Å². The van der Waals surface area contributed by atoms with Crippen molar-refractivity contribution in [3.8, 4) is 11.4 Å². The molecule has 1 aliphatic heterocycles. The fourth-order valence-electron chi connectivity index (χ4n) is 2.59. The van der Waals surface area contributed by atoms with Crippen LogP contribution >= 0.6 is 0 Å². The Kier molecular flexibility index (Phi) is 4.15. The Balaban J connectivity index is 1.74. The number of benzene rings is 1. The van der Waals surface area contributed by atoms with E-state index < -0.39 is 6.04 Å². The second-order valence-corrected chi connectivity index (χ2v) is 5.61. The zero-order valence-electron chi connectivity index (χ0n) is 12.8. The summed E-state index contributed by atoms with van der Waals surface area (Å²) >= 11 is 0. The van der Waals surface area contributed by atoms with E-state index in [0.717, 1.165) is 12.1 Å². The Labute approximate surface area is 129 Å². The van der Waals surface area contributed by atoms with Gasteiger partial charge in [-0.2, -0.15) is 4.80 Å². The van der Waals surface area contributed by atoms with Gasteiger partial charge in [-0.05, 0) is 19.1 Å². The van der Waals surface area contributed by atoms with E-state index in [9.17, 15) is 4.79 Å². The molecular formula is C15H20N6O. The smallest absolute Gasteiger partial charge is 0.249 e. The number of nitrogens with zero attached hydrogens (tertiary/aromatic N) is 5. The molecule has 7 heteroatoms. The van der Waals surface area contributed by atoms with Crippen molar-refractivity contribution in [2.45, 2.75) is 25.9 Å². The van der Waals surface area contributed by atoms with E-state index in [1.165, 1.54) is 4.80 Å². The van der Waals surface area contributed by atoms with E-state index in [1.807, 2.05) is 42.2 Å². The van der Waals surface area contributed by atoms with Gasteiger partial charge in [0.25, 0.3) is 0 Å². The molecule has 1 amide bonds. The van der Waals surface area contributed by atoms with Gasteiger partial charge >= 0.3 is 0 Å². The zero-order chi connectivity index (χ0) is 15.5. The predicted molar refractivity (Wildman–Crippen MR) is 82.0 cm³/mol. The molecule has 22 heavy (non-hydrogen) atoms. The van der Waals surface area contributed by atoms with Gasteiger partial charge in [0, 0.05) is 31.2 Å². The van der Waals surface area contributed by atoms with Gasteiger partial charge < -0.3 is 10.2 Å². The molecule has 2 aromatic rings. The lowest BCUT2D eigenvalue weighted by atomic mass is 10.2. The van der Waals surface area contributed by atoms with E-state index in [2.05, 4.69) is 27.7 Å². The molecule has 7 nitrogen and oxygen atoms in total. The van der Waals surface area contributed by atoms with E-state index in [1.54, 1.807) is 0 Å². The minimum Gasteiger partial charge on any atom is -0.338 e. The lowest BCUT2D eigenvalue weighted by Crippen LogP contribution is -2.52. The number of piperazine rings is 1. The van der Waals surface area contributed by atoms with E-state index in [4.69, 9.17) is 0 Å². The number of rotatable bonds is 3. The third-order valence-electron chi connectivity index (χ3n) is 3.84. The molecule has 0 radical (unpaired) electrons. The summed E-state index contributed by atoms with van der Waals surface area (Å²) in [4.78, 5) is 15.8. The first kappa shape index (κ1) is 14.6. The van der Waals surface area contributed by atoms with Gasteiger partial charge in [-0.25, -0.2) is 0 Å².